The number of ether oxygens (including phenoxy) is 1. The standard InChI is InChI=1S/C14H18FNO3/c1-19-8-7-14(5-6-14)9-16-11-4-2-3-10(15)12(11)13(17)18/h2-4,16H,5-9H2,1H3,(H,17,18). The highest BCUT2D eigenvalue weighted by Crippen LogP contribution is 2.48. The van der Waals surface area contributed by atoms with Gasteiger partial charge in [0.1, 0.15) is 11.4 Å². The zero-order valence-electron chi connectivity index (χ0n) is 10.9. The number of halogens is 1. The van der Waals surface area contributed by atoms with E-state index in [1.165, 1.54) is 6.07 Å². The maximum atomic E-state index is 13.5. The van der Waals surface area contributed by atoms with E-state index < -0.39 is 11.8 Å². The fraction of sp³-hybridized carbons (Fsp3) is 0.500. The Labute approximate surface area is 111 Å². The first-order valence-electron chi connectivity index (χ1n) is 6.33. The largest absolute Gasteiger partial charge is 0.478 e. The van der Waals surface area contributed by atoms with Gasteiger partial charge in [0.2, 0.25) is 0 Å². The molecule has 5 heteroatoms. The number of benzene rings is 1. The smallest absolute Gasteiger partial charge is 0.340 e. The Bertz CT molecular complexity index is 472. The number of hydrogen-bond donors (Lipinski definition) is 2. The first-order chi connectivity index (χ1) is 9.08. The van der Waals surface area contributed by atoms with E-state index in [0.29, 0.717) is 18.8 Å². The number of rotatable bonds is 7. The lowest BCUT2D eigenvalue weighted by Gasteiger charge is -2.17. The predicted octanol–water partition coefficient (Wildman–Crippen LogP) is 2.75. The zero-order chi connectivity index (χ0) is 13.9. The fourth-order valence-electron chi connectivity index (χ4n) is 2.18. The normalized spacial score (nSPS) is 16.1. The SMILES string of the molecule is COCCC1(CNc2cccc(F)c2C(=O)O)CC1. The Morgan fingerprint density at radius 1 is 1.53 bits per heavy atom. The van der Waals surface area contributed by atoms with Gasteiger partial charge in [-0.05, 0) is 36.8 Å². The van der Waals surface area contributed by atoms with Crippen LogP contribution in [0.5, 0.6) is 0 Å². The summed E-state index contributed by atoms with van der Waals surface area (Å²) in [5, 5.41) is 12.1. The average molecular weight is 267 g/mol. The number of hydrogen-bond acceptors (Lipinski definition) is 3. The van der Waals surface area contributed by atoms with Gasteiger partial charge in [-0.1, -0.05) is 6.07 Å². The molecule has 2 rings (SSSR count). The first-order valence-corrected chi connectivity index (χ1v) is 6.33. The van der Waals surface area contributed by atoms with Gasteiger partial charge < -0.3 is 15.2 Å². The topological polar surface area (TPSA) is 58.6 Å². The van der Waals surface area contributed by atoms with Crippen LogP contribution in [0.1, 0.15) is 29.6 Å². The van der Waals surface area contributed by atoms with Crippen LogP contribution in [0.2, 0.25) is 0 Å². The van der Waals surface area contributed by atoms with E-state index in [2.05, 4.69) is 5.32 Å². The van der Waals surface area contributed by atoms with Gasteiger partial charge in [-0.25, -0.2) is 9.18 Å². The minimum atomic E-state index is -1.25. The number of nitrogens with one attached hydrogen (secondary N) is 1. The van der Waals surface area contributed by atoms with Gasteiger partial charge in [0.15, 0.2) is 0 Å². The molecule has 0 aliphatic heterocycles. The third-order valence-electron chi connectivity index (χ3n) is 3.67. The van der Waals surface area contributed by atoms with Crippen LogP contribution < -0.4 is 5.32 Å². The van der Waals surface area contributed by atoms with E-state index in [0.717, 1.165) is 25.3 Å². The van der Waals surface area contributed by atoms with E-state index in [1.54, 1.807) is 13.2 Å². The average Bonchev–Trinajstić information content (AvgIpc) is 3.14. The van der Waals surface area contributed by atoms with Crippen molar-refractivity contribution in [3.8, 4) is 0 Å². The second kappa shape index (κ2) is 5.57. The number of aromatic carboxylic acids is 1. The lowest BCUT2D eigenvalue weighted by atomic mass is 10.0. The van der Waals surface area contributed by atoms with Gasteiger partial charge in [0.05, 0.1) is 5.69 Å². The first kappa shape index (κ1) is 13.8. The van der Waals surface area contributed by atoms with Crippen molar-refractivity contribution in [2.24, 2.45) is 5.41 Å². The Morgan fingerprint density at radius 3 is 2.84 bits per heavy atom. The lowest BCUT2D eigenvalue weighted by molar-refractivity contribution is 0.0693. The van der Waals surface area contributed by atoms with Gasteiger partial charge in [-0.15, -0.1) is 0 Å². The van der Waals surface area contributed by atoms with Crippen LogP contribution in [0.3, 0.4) is 0 Å². The molecule has 1 fully saturated rings. The van der Waals surface area contributed by atoms with Gasteiger partial charge in [0, 0.05) is 20.3 Å². The quantitative estimate of drug-likeness (QED) is 0.797. The van der Waals surface area contributed by atoms with E-state index in [4.69, 9.17) is 9.84 Å². The number of carbonyl (C=O) groups is 1. The molecule has 19 heavy (non-hydrogen) atoms. The molecule has 0 unspecified atom stereocenters. The molecule has 0 aromatic heterocycles. The number of methoxy groups -OCH3 is 1. The predicted molar refractivity (Wildman–Crippen MR) is 70.0 cm³/mol. The molecule has 1 aromatic rings. The molecule has 0 amide bonds. The minimum absolute atomic E-state index is 0.179. The molecule has 0 bridgehead atoms. The van der Waals surface area contributed by atoms with E-state index in [-0.39, 0.29) is 11.0 Å². The Hall–Kier alpha value is -1.62. The van der Waals surface area contributed by atoms with E-state index in [1.807, 2.05) is 0 Å². The molecule has 1 aliphatic carbocycles. The van der Waals surface area contributed by atoms with Gasteiger partial charge >= 0.3 is 5.97 Å². The van der Waals surface area contributed by atoms with Crippen molar-refractivity contribution in [1.29, 1.82) is 0 Å². The summed E-state index contributed by atoms with van der Waals surface area (Å²) in [6, 6.07) is 4.27. The molecule has 0 saturated heterocycles. The highest BCUT2D eigenvalue weighted by Gasteiger charge is 2.41. The van der Waals surface area contributed by atoms with Gasteiger partial charge in [-0.3, -0.25) is 0 Å². The van der Waals surface area contributed by atoms with Gasteiger partial charge in [-0.2, -0.15) is 0 Å². The third kappa shape index (κ3) is 3.23. The summed E-state index contributed by atoms with van der Waals surface area (Å²) < 4.78 is 18.6. The second-order valence-electron chi connectivity index (χ2n) is 5.06. The monoisotopic (exact) mass is 267 g/mol. The van der Waals surface area contributed by atoms with Crippen molar-refractivity contribution < 1.29 is 19.0 Å². The van der Waals surface area contributed by atoms with E-state index >= 15 is 0 Å². The third-order valence-corrected chi connectivity index (χ3v) is 3.67. The summed E-state index contributed by atoms with van der Waals surface area (Å²) in [4.78, 5) is 11.1. The summed E-state index contributed by atoms with van der Waals surface area (Å²) in [6.45, 7) is 1.34. The molecule has 2 N–H and O–H groups in total. The van der Waals surface area contributed by atoms with Crippen molar-refractivity contribution in [3.05, 3.63) is 29.6 Å². The summed E-state index contributed by atoms with van der Waals surface area (Å²) in [5.74, 6) is -1.96. The molecule has 1 aliphatic rings. The molecule has 4 nitrogen and oxygen atoms in total. The van der Waals surface area contributed by atoms with Gasteiger partial charge in [0.25, 0.3) is 0 Å². The fourth-order valence-corrected chi connectivity index (χ4v) is 2.18. The van der Waals surface area contributed by atoms with Crippen LogP contribution in [-0.4, -0.2) is 31.3 Å². The molecule has 104 valence electrons. The Balaban J connectivity index is 2.04. The van der Waals surface area contributed by atoms with Crippen LogP contribution in [0.25, 0.3) is 0 Å². The Kier molecular flexibility index (Phi) is 4.04. The second-order valence-corrected chi connectivity index (χ2v) is 5.06. The molecule has 0 spiro atoms. The van der Waals surface area contributed by atoms with Crippen LogP contribution in [0.4, 0.5) is 10.1 Å². The molecule has 1 aromatic carbocycles. The molecule has 1 saturated carbocycles. The van der Waals surface area contributed by atoms with Crippen molar-refractivity contribution >= 4 is 11.7 Å². The summed E-state index contributed by atoms with van der Waals surface area (Å²) in [7, 11) is 1.67. The van der Waals surface area contributed by atoms with Crippen molar-refractivity contribution in [3.63, 3.8) is 0 Å². The highest BCUT2D eigenvalue weighted by molar-refractivity contribution is 5.94. The Morgan fingerprint density at radius 2 is 2.26 bits per heavy atom. The van der Waals surface area contributed by atoms with Crippen LogP contribution >= 0.6 is 0 Å². The molecular formula is C14H18FNO3. The number of anilines is 1. The molecule has 0 atom stereocenters. The number of carboxylic acid groups (broad SMARTS) is 1. The highest BCUT2D eigenvalue weighted by atomic mass is 19.1. The maximum Gasteiger partial charge on any atom is 0.340 e. The van der Waals surface area contributed by atoms with Crippen molar-refractivity contribution in [2.75, 3.05) is 25.6 Å². The van der Waals surface area contributed by atoms with Crippen LogP contribution in [0, 0.1) is 11.2 Å². The molecular weight excluding hydrogens is 249 g/mol. The van der Waals surface area contributed by atoms with Crippen LogP contribution in [0.15, 0.2) is 18.2 Å². The van der Waals surface area contributed by atoms with E-state index in [9.17, 15) is 9.18 Å². The molecule has 0 heterocycles. The maximum absolute atomic E-state index is 13.5. The lowest BCUT2D eigenvalue weighted by Crippen LogP contribution is -2.19. The summed E-state index contributed by atoms with van der Waals surface area (Å²) >= 11 is 0. The van der Waals surface area contributed by atoms with Crippen molar-refractivity contribution in [1.82, 2.24) is 0 Å². The minimum Gasteiger partial charge on any atom is -0.478 e. The summed E-state index contributed by atoms with van der Waals surface area (Å²) in [5.41, 5.74) is 0.235. The van der Waals surface area contributed by atoms with Crippen molar-refractivity contribution in [2.45, 2.75) is 19.3 Å². The van der Waals surface area contributed by atoms with Crippen LogP contribution in [-0.2, 0) is 4.74 Å². The zero-order valence-corrected chi connectivity index (χ0v) is 10.9. The number of carboxylic acids is 1. The molecule has 0 radical (unpaired) electrons. The summed E-state index contributed by atoms with van der Waals surface area (Å²) in [6.07, 6.45) is 3.14.